The fraction of sp³-hybridized carbons (Fsp3) is 0.381. The van der Waals surface area contributed by atoms with E-state index in [1.807, 2.05) is 18.2 Å². The lowest BCUT2D eigenvalue weighted by Gasteiger charge is -2.29. The molecule has 0 amide bonds. The van der Waals surface area contributed by atoms with Gasteiger partial charge in [-0.15, -0.1) is 0 Å². The number of hydrogen-bond acceptors (Lipinski definition) is 6. The Morgan fingerprint density at radius 2 is 1.86 bits per heavy atom. The Bertz CT molecular complexity index is 765. The summed E-state index contributed by atoms with van der Waals surface area (Å²) in [5.74, 6) is -0.367. The Hall–Kier alpha value is -2.44. The molecule has 1 aromatic carbocycles. The topological polar surface area (TPSA) is 64.0 Å². The molecule has 1 unspecified atom stereocenters. The number of aromatic nitrogens is 1. The summed E-state index contributed by atoms with van der Waals surface area (Å²) < 4.78 is 5.70. The molecule has 2 heterocycles. The summed E-state index contributed by atoms with van der Waals surface area (Å²) in [5.41, 5.74) is 1.18. The molecular formula is C21H24ClN3O3. The Labute approximate surface area is 170 Å². The molecule has 0 N–H and O–H groups in total. The second-order valence-electron chi connectivity index (χ2n) is 6.67. The first-order valence-electron chi connectivity index (χ1n) is 9.46. The monoisotopic (exact) mass is 401 g/mol. The lowest BCUT2D eigenvalue weighted by atomic mass is 10.1. The average Bonchev–Trinajstić information content (AvgIpc) is 2.75. The van der Waals surface area contributed by atoms with Crippen molar-refractivity contribution in [3.8, 4) is 0 Å². The number of halogens is 1. The molecule has 6 nitrogen and oxygen atoms in total. The van der Waals surface area contributed by atoms with Gasteiger partial charge in [-0.2, -0.15) is 0 Å². The molecule has 148 valence electrons. The van der Waals surface area contributed by atoms with Crippen LogP contribution in [0.4, 0.5) is 0 Å². The van der Waals surface area contributed by atoms with E-state index >= 15 is 0 Å². The van der Waals surface area contributed by atoms with Gasteiger partial charge in [0.25, 0.3) is 0 Å². The maximum absolute atomic E-state index is 12.4. The Morgan fingerprint density at radius 3 is 2.57 bits per heavy atom. The molecule has 0 saturated carbocycles. The predicted molar refractivity (Wildman–Crippen MR) is 109 cm³/mol. The van der Waals surface area contributed by atoms with Gasteiger partial charge in [-0.3, -0.25) is 9.88 Å². The smallest absolute Gasteiger partial charge is 0.338 e. The molecule has 1 fully saturated rings. The zero-order valence-electron chi connectivity index (χ0n) is 15.7. The summed E-state index contributed by atoms with van der Waals surface area (Å²) in [6.07, 6.45) is 6.39. The van der Waals surface area contributed by atoms with E-state index in [2.05, 4.69) is 15.0 Å². The van der Waals surface area contributed by atoms with Gasteiger partial charge in [0.15, 0.2) is 17.9 Å². The number of benzene rings is 1. The standard InChI is InChI=1S/C21H24ClN3O3/c22-20(18-10-7-11-23-14-18)24-27-16-19(15-25-12-5-2-6-13-25)28-21(26)17-8-3-1-4-9-17/h1,3-4,7-11,14,19H,2,5-6,12-13,15-16H2/b24-20-. The van der Waals surface area contributed by atoms with Gasteiger partial charge in [0.2, 0.25) is 0 Å². The van der Waals surface area contributed by atoms with Crippen LogP contribution < -0.4 is 0 Å². The number of hydrogen-bond donors (Lipinski definition) is 0. The van der Waals surface area contributed by atoms with Crippen molar-refractivity contribution in [3.05, 3.63) is 66.0 Å². The van der Waals surface area contributed by atoms with Crippen LogP contribution >= 0.6 is 11.6 Å². The van der Waals surface area contributed by atoms with E-state index in [9.17, 15) is 4.79 Å². The quantitative estimate of drug-likeness (QED) is 0.383. The lowest BCUT2D eigenvalue weighted by molar-refractivity contribution is -0.0169. The minimum atomic E-state index is -0.437. The van der Waals surface area contributed by atoms with Gasteiger partial charge in [0, 0.05) is 24.5 Å². The highest BCUT2D eigenvalue weighted by atomic mass is 35.5. The van der Waals surface area contributed by atoms with Crippen LogP contribution in [0, 0.1) is 0 Å². The van der Waals surface area contributed by atoms with Crippen molar-refractivity contribution in [1.82, 2.24) is 9.88 Å². The van der Waals surface area contributed by atoms with Crippen LogP contribution in [0.15, 0.2) is 60.0 Å². The first-order chi connectivity index (χ1) is 13.7. The van der Waals surface area contributed by atoms with Crippen LogP contribution in [0.5, 0.6) is 0 Å². The van der Waals surface area contributed by atoms with Gasteiger partial charge >= 0.3 is 5.97 Å². The number of carbonyl (C=O) groups excluding carboxylic acids is 1. The first-order valence-corrected chi connectivity index (χ1v) is 9.84. The number of esters is 1. The Balaban J connectivity index is 1.61. The van der Waals surface area contributed by atoms with Gasteiger partial charge in [0.05, 0.1) is 5.56 Å². The van der Waals surface area contributed by atoms with Crippen molar-refractivity contribution in [2.45, 2.75) is 25.4 Å². The molecule has 0 radical (unpaired) electrons. The van der Waals surface area contributed by atoms with Gasteiger partial charge in [-0.05, 0) is 50.2 Å². The third kappa shape index (κ3) is 6.32. The van der Waals surface area contributed by atoms with Crippen LogP contribution in [-0.4, -0.2) is 53.4 Å². The fourth-order valence-corrected chi connectivity index (χ4v) is 3.22. The van der Waals surface area contributed by atoms with Crippen molar-refractivity contribution in [2.24, 2.45) is 5.16 Å². The molecule has 0 spiro atoms. The van der Waals surface area contributed by atoms with E-state index in [0.717, 1.165) is 25.9 Å². The van der Waals surface area contributed by atoms with Crippen LogP contribution in [0.2, 0.25) is 0 Å². The van der Waals surface area contributed by atoms with Gasteiger partial charge < -0.3 is 9.57 Å². The second-order valence-corrected chi connectivity index (χ2v) is 7.03. The molecule has 0 aliphatic carbocycles. The number of carbonyl (C=O) groups is 1. The van der Waals surface area contributed by atoms with E-state index in [1.54, 1.807) is 36.7 Å². The van der Waals surface area contributed by atoms with Crippen LogP contribution in [0.1, 0.15) is 35.2 Å². The second kappa shape index (κ2) is 10.8. The molecule has 28 heavy (non-hydrogen) atoms. The Kier molecular flexibility index (Phi) is 7.82. The molecule has 1 aliphatic heterocycles. The third-order valence-electron chi connectivity index (χ3n) is 4.50. The molecular weight excluding hydrogens is 378 g/mol. The molecule has 0 bridgehead atoms. The highest BCUT2D eigenvalue weighted by molar-refractivity contribution is 6.69. The zero-order chi connectivity index (χ0) is 19.6. The van der Waals surface area contributed by atoms with Crippen molar-refractivity contribution in [1.29, 1.82) is 0 Å². The molecule has 3 rings (SSSR count). The first kappa shape index (κ1) is 20.3. The summed E-state index contributed by atoms with van der Waals surface area (Å²) in [6.45, 7) is 2.74. The number of pyridine rings is 1. The third-order valence-corrected chi connectivity index (χ3v) is 4.79. The van der Waals surface area contributed by atoms with E-state index < -0.39 is 6.10 Å². The number of nitrogens with zero attached hydrogens (tertiary/aromatic N) is 3. The minimum absolute atomic E-state index is 0.131. The highest BCUT2D eigenvalue weighted by Gasteiger charge is 2.21. The number of oxime groups is 1. The maximum Gasteiger partial charge on any atom is 0.338 e. The van der Waals surface area contributed by atoms with E-state index in [1.165, 1.54) is 6.42 Å². The van der Waals surface area contributed by atoms with Crippen molar-refractivity contribution >= 4 is 22.7 Å². The number of piperidine rings is 1. The predicted octanol–water partition coefficient (Wildman–Crippen LogP) is 3.71. The van der Waals surface area contributed by atoms with Crippen molar-refractivity contribution in [3.63, 3.8) is 0 Å². The summed E-state index contributed by atoms with van der Waals surface area (Å²) in [6, 6.07) is 12.5. The summed E-state index contributed by atoms with van der Waals surface area (Å²) in [4.78, 5) is 24.2. The largest absolute Gasteiger partial charge is 0.454 e. The summed E-state index contributed by atoms with van der Waals surface area (Å²) >= 11 is 6.15. The number of ether oxygens (including phenoxy) is 1. The fourth-order valence-electron chi connectivity index (χ4n) is 3.06. The molecule has 1 aliphatic rings. The van der Waals surface area contributed by atoms with Gasteiger partial charge in [-0.25, -0.2) is 4.79 Å². The molecule has 1 saturated heterocycles. The molecule has 7 heteroatoms. The van der Waals surface area contributed by atoms with E-state index in [4.69, 9.17) is 21.2 Å². The molecule has 2 aromatic rings. The molecule has 1 aromatic heterocycles. The van der Waals surface area contributed by atoms with Crippen LogP contribution in [0.3, 0.4) is 0 Å². The van der Waals surface area contributed by atoms with Crippen molar-refractivity contribution < 1.29 is 14.4 Å². The lowest BCUT2D eigenvalue weighted by Crippen LogP contribution is -2.40. The van der Waals surface area contributed by atoms with Gasteiger partial charge in [-0.1, -0.05) is 41.4 Å². The highest BCUT2D eigenvalue weighted by Crippen LogP contribution is 2.12. The van der Waals surface area contributed by atoms with E-state index in [0.29, 0.717) is 17.7 Å². The maximum atomic E-state index is 12.4. The van der Waals surface area contributed by atoms with Crippen LogP contribution in [0.25, 0.3) is 0 Å². The number of rotatable bonds is 8. The summed E-state index contributed by atoms with van der Waals surface area (Å²) in [7, 11) is 0. The zero-order valence-corrected chi connectivity index (χ0v) is 16.4. The normalized spacial score (nSPS) is 16.4. The summed E-state index contributed by atoms with van der Waals surface area (Å²) in [5, 5.41) is 4.15. The minimum Gasteiger partial charge on any atom is -0.454 e. The van der Waals surface area contributed by atoms with Gasteiger partial charge in [0.1, 0.15) is 0 Å². The SMILES string of the molecule is O=C(OC(CO/N=C(\Cl)c1cccnc1)CN1CCCCC1)c1ccccc1. The number of likely N-dealkylation sites (tertiary alicyclic amines) is 1. The molecule has 1 atom stereocenters. The average molecular weight is 402 g/mol. The van der Waals surface area contributed by atoms with Crippen LogP contribution in [-0.2, 0) is 9.57 Å². The Morgan fingerprint density at radius 1 is 1.11 bits per heavy atom. The van der Waals surface area contributed by atoms with E-state index in [-0.39, 0.29) is 17.7 Å². The van der Waals surface area contributed by atoms with Crippen molar-refractivity contribution in [2.75, 3.05) is 26.2 Å².